The normalized spacial score (nSPS) is 10.7. The second kappa shape index (κ2) is 4.77. The Balaban J connectivity index is 2.01. The van der Waals surface area contributed by atoms with E-state index >= 15 is 0 Å². The number of hydrogen-bond donors (Lipinski definition) is 1. The first-order chi connectivity index (χ1) is 9.61. The van der Waals surface area contributed by atoms with E-state index in [9.17, 15) is 4.79 Å². The van der Waals surface area contributed by atoms with E-state index in [1.807, 2.05) is 49.4 Å². The van der Waals surface area contributed by atoms with Gasteiger partial charge in [0.1, 0.15) is 11.0 Å². The molecule has 1 heterocycles. The molecule has 3 aromatic rings. The third kappa shape index (κ3) is 2.38. The summed E-state index contributed by atoms with van der Waals surface area (Å²) in [6.45, 7) is 3.52. The summed E-state index contributed by atoms with van der Waals surface area (Å²) in [6, 6.07) is 13.5. The molecule has 1 aromatic heterocycles. The highest BCUT2D eigenvalue weighted by atomic mass is 16.1. The van der Waals surface area contributed by atoms with Crippen LogP contribution in [0.3, 0.4) is 0 Å². The van der Waals surface area contributed by atoms with Crippen LogP contribution in [0.2, 0.25) is 0 Å². The Morgan fingerprint density at radius 3 is 2.45 bits per heavy atom. The minimum absolute atomic E-state index is 0.102. The van der Waals surface area contributed by atoms with Crippen molar-refractivity contribution in [1.29, 1.82) is 0 Å². The molecule has 100 valence electrons. The molecule has 5 heteroatoms. The number of rotatable bonds is 2. The number of carbonyl (C=O) groups excluding carboxylic acids is 1. The monoisotopic (exact) mass is 266 g/mol. The molecule has 3 rings (SSSR count). The van der Waals surface area contributed by atoms with Crippen molar-refractivity contribution in [2.24, 2.45) is 0 Å². The topological polar surface area (TPSA) is 59.8 Å². The van der Waals surface area contributed by atoms with Crippen LogP contribution in [0.25, 0.3) is 16.7 Å². The van der Waals surface area contributed by atoms with Crippen LogP contribution in [0.5, 0.6) is 0 Å². The van der Waals surface area contributed by atoms with Crippen molar-refractivity contribution in [3.05, 3.63) is 48.0 Å². The van der Waals surface area contributed by atoms with Gasteiger partial charge in [-0.3, -0.25) is 4.79 Å². The van der Waals surface area contributed by atoms with Crippen molar-refractivity contribution >= 4 is 22.6 Å². The Morgan fingerprint density at radius 1 is 1.05 bits per heavy atom. The first-order valence-electron chi connectivity index (χ1n) is 6.33. The van der Waals surface area contributed by atoms with E-state index in [1.165, 1.54) is 12.5 Å². The number of aromatic nitrogens is 3. The van der Waals surface area contributed by atoms with Gasteiger partial charge in [0.05, 0.1) is 5.69 Å². The highest BCUT2D eigenvalue weighted by Gasteiger charge is 2.06. The highest BCUT2D eigenvalue weighted by Crippen LogP contribution is 2.17. The first kappa shape index (κ1) is 12.3. The lowest BCUT2D eigenvalue weighted by Crippen LogP contribution is -2.05. The molecule has 20 heavy (non-hydrogen) atoms. The standard InChI is InChI=1S/C15H14N4O/c1-10-3-6-13(7-4-10)19-17-14-8-5-12(16-11(2)20)9-15(14)18-19/h3-9H,1-2H3,(H,16,20). The predicted octanol–water partition coefficient (Wildman–Crippen LogP) is 2.69. The van der Waals surface area contributed by atoms with Crippen LogP contribution in [0, 0.1) is 6.92 Å². The zero-order valence-electron chi connectivity index (χ0n) is 11.3. The van der Waals surface area contributed by atoms with E-state index < -0.39 is 0 Å². The van der Waals surface area contributed by atoms with Crippen LogP contribution in [0.4, 0.5) is 5.69 Å². The Labute approximate surface area is 116 Å². The SMILES string of the molecule is CC(=O)Nc1ccc2nn(-c3ccc(C)cc3)nc2c1. The molecule has 0 saturated heterocycles. The lowest BCUT2D eigenvalue weighted by Gasteiger charge is -1.99. The summed E-state index contributed by atoms with van der Waals surface area (Å²) in [7, 11) is 0. The van der Waals surface area contributed by atoms with Crippen molar-refractivity contribution in [3.8, 4) is 5.69 Å². The van der Waals surface area contributed by atoms with Gasteiger partial charge in [-0.2, -0.15) is 4.80 Å². The number of hydrogen-bond acceptors (Lipinski definition) is 3. The van der Waals surface area contributed by atoms with Gasteiger partial charge in [-0.25, -0.2) is 0 Å². The number of carbonyl (C=O) groups is 1. The zero-order chi connectivity index (χ0) is 14.1. The maximum absolute atomic E-state index is 11.1. The van der Waals surface area contributed by atoms with Crippen molar-refractivity contribution in [2.75, 3.05) is 5.32 Å². The summed E-state index contributed by atoms with van der Waals surface area (Å²) in [6.07, 6.45) is 0. The Kier molecular flexibility index (Phi) is 2.95. The van der Waals surface area contributed by atoms with Gasteiger partial charge < -0.3 is 5.32 Å². The minimum Gasteiger partial charge on any atom is -0.326 e. The molecular weight excluding hydrogens is 252 g/mol. The second-order valence-electron chi connectivity index (χ2n) is 4.71. The number of aryl methyl sites for hydroxylation is 1. The van der Waals surface area contributed by atoms with Crippen LogP contribution < -0.4 is 5.32 Å². The molecule has 0 bridgehead atoms. The summed E-state index contributed by atoms with van der Waals surface area (Å²) in [5.41, 5.74) is 4.36. The summed E-state index contributed by atoms with van der Waals surface area (Å²) >= 11 is 0. The van der Waals surface area contributed by atoms with E-state index in [2.05, 4.69) is 15.5 Å². The van der Waals surface area contributed by atoms with Crippen LogP contribution >= 0.6 is 0 Å². The van der Waals surface area contributed by atoms with E-state index in [1.54, 1.807) is 4.80 Å². The van der Waals surface area contributed by atoms with Crippen molar-refractivity contribution in [2.45, 2.75) is 13.8 Å². The summed E-state index contributed by atoms with van der Waals surface area (Å²) in [5, 5.41) is 11.6. The third-order valence-electron chi connectivity index (χ3n) is 2.97. The van der Waals surface area contributed by atoms with Gasteiger partial charge >= 0.3 is 0 Å². The number of amides is 1. The van der Waals surface area contributed by atoms with Crippen molar-refractivity contribution in [3.63, 3.8) is 0 Å². The van der Waals surface area contributed by atoms with Crippen molar-refractivity contribution in [1.82, 2.24) is 15.0 Å². The second-order valence-corrected chi connectivity index (χ2v) is 4.71. The van der Waals surface area contributed by atoms with Gasteiger partial charge in [-0.15, -0.1) is 10.2 Å². The molecular formula is C15H14N4O. The fraction of sp³-hybridized carbons (Fsp3) is 0.133. The largest absolute Gasteiger partial charge is 0.326 e. The number of fused-ring (bicyclic) bond motifs is 1. The molecule has 0 spiro atoms. The molecule has 0 saturated carbocycles. The average molecular weight is 266 g/mol. The molecule has 5 nitrogen and oxygen atoms in total. The lowest BCUT2D eigenvalue weighted by molar-refractivity contribution is -0.114. The maximum Gasteiger partial charge on any atom is 0.221 e. The molecule has 2 aromatic carbocycles. The number of benzene rings is 2. The van der Waals surface area contributed by atoms with Crippen LogP contribution in [0.15, 0.2) is 42.5 Å². The summed E-state index contributed by atoms with van der Waals surface area (Å²) < 4.78 is 0. The number of nitrogens with one attached hydrogen (secondary N) is 1. The first-order valence-corrected chi connectivity index (χ1v) is 6.33. The molecule has 0 fully saturated rings. The summed E-state index contributed by atoms with van der Waals surface area (Å²) in [4.78, 5) is 12.7. The van der Waals surface area contributed by atoms with Crippen molar-refractivity contribution < 1.29 is 4.79 Å². The molecule has 0 unspecified atom stereocenters. The Bertz CT molecular complexity index is 774. The maximum atomic E-state index is 11.1. The van der Waals surface area contributed by atoms with Crippen LogP contribution in [0.1, 0.15) is 12.5 Å². The Morgan fingerprint density at radius 2 is 1.75 bits per heavy atom. The fourth-order valence-electron chi connectivity index (χ4n) is 1.99. The van der Waals surface area contributed by atoms with E-state index in [4.69, 9.17) is 0 Å². The smallest absolute Gasteiger partial charge is 0.221 e. The molecule has 0 aliphatic heterocycles. The fourth-order valence-corrected chi connectivity index (χ4v) is 1.99. The quantitative estimate of drug-likeness (QED) is 0.775. The Hall–Kier alpha value is -2.69. The van der Waals surface area contributed by atoms with Gasteiger partial charge in [0.15, 0.2) is 0 Å². The van der Waals surface area contributed by atoms with Gasteiger partial charge in [0.2, 0.25) is 5.91 Å². The van der Waals surface area contributed by atoms with E-state index in [0.29, 0.717) is 0 Å². The van der Waals surface area contributed by atoms with Gasteiger partial charge in [0, 0.05) is 12.6 Å². The molecule has 1 N–H and O–H groups in total. The predicted molar refractivity (Wildman–Crippen MR) is 77.9 cm³/mol. The minimum atomic E-state index is -0.102. The highest BCUT2D eigenvalue weighted by molar-refractivity contribution is 5.91. The van der Waals surface area contributed by atoms with Gasteiger partial charge in [0.25, 0.3) is 0 Å². The molecule has 0 atom stereocenters. The van der Waals surface area contributed by atoms with E-state index in [-0.39, 0.29) is 5.91 Å². The molecule has 0 radical (unpaired) electrons. The number of nitrogens with zero attached hydrogens (tertiary/aromatic N) is 3. The van der Waals surface area contributed by atoms with E-state index in [0.717, 1.165) is 22.4 Å². The molecule has 0 aliphatic rings. The number of anilines is 1. The zero-order valence-corrected chi connectivity index (χ0v) is 11.3. The molecule has 0 aliphatic carbocycles. The average Bonchev–Trinajstić information content (AvgIpc) is 2.81. The lowest BCUT2D eigenvalue weighted by atomic mass is 10.2. The van der Waals surface area contributed by atoms with Gasteiger partial charge in [-0.1, -0.05) is 17.7 Å². The van der Waals surface area contributed by atoms with Crippen LogP contribution in [-0.4, -0.2) is 20.9 Å². The van der Waals surface area contributed by atoms with Gasteiger partial charge in [-0.05, 0) is 37.3 Å². The third-order valence-corrected chi connectivity index (χ3v) is 2.97. The summed E-state index contributed by atoms with van der Waals surface area (Å²) in [5.74, 6) is -0.102. The van der Waals surface area contributed by atoms with Crippen LogP contribution in [-0.2, 0) is 4.79 Å². The molecule has 1 amide bonds.